The molecular weight excluding hydrogens is 260 g/mol. The molecule has 1 saturated carbocycles. The number of ether oxygens (including phenoxy) is 3. The summed E-state index contributed by atoms with van der Waals surface area (Å²) in [5.74, 6) is 0.643. The largest absolute Gasteiger partial charge is 0.433 e. The fourth-order valence-corrected chi connectivity index (χ4v) is 4.59. The lowest BCUT2D eigenvalue weighted by Gasteiger charge is -2.56. The van der Waals surface area contributed by atoms with E-state index in [-0.39, 0.29) is 11.8 Å². The molecule has 0 aromatic carbocycles. The number of carbonyl (C=O) groups excluding carboxylic acids is 1. The molecule has 3 rings (SSSR count). The minimum Gasteiger partial charge on any atom is -0.433 e. The fourth-order valence-electron chi connectivity index (χ4n) is 4.59. The molecule has 3 fully saturated rings. The normalized spacial score (nSPS) is 51.2. The predicted octanol–water partition coefficient (Wildman–Crippen LogP) is 1.68. The van der Waals surface area contributed by atoms with Crippen molar-refractivity contribution in [3.05, 3.63) is 0 Å². The van der Waals surface area contributed by atoms with Crippen LogP contribution in [0.5, 0.6) is 0 Å². The Bertz CT molecular complexity index is 398. The van der Waals surface area contributed by atoms with E-state index in [4.69, 9.17) is 14.2 Å². The maximum Gasteiger partial charge on any atom is 0.305 e. The molecule has 2 heterocycles. The molecule has 0 radical (unpaired) electrons. The lowest BCUT2D eigenvalue weighted by molar-refractivity contribution is -0.360. The summed E-state index contributed by atoms with van der Waals surface area (Å²) in [5.41, 5.74) is -0.567. The standard InChI is InChI=1S/C15H24O5/c1-8-4-5-12-9(2)13(17)20-14(19-10(3)16)15(12)11(8)6-7-18-15/h8-9,11-14,17H,4-7H2,1-3H3. The number of aliphatic hydroxyl groups is 1. The van der Waals surface area contributed by atoms with Gasteiger partial charge in [0.25, 0.3) is 0 Å². The van der Waals surface area contributed by atoms with Crippen molar-refractivity contribution in [2.24, 2.45) is 23.7 Å². The van der Waals surface area contributed by atoms with Crippen LogP contribution in [0.1, 0.15) is 40.0 Å². The summed E-state index contributed by atoms with van der Waals surface area (Å²) in [6.45, 7) is 6.28. The molecule has 5 heteroatoms. The molecule has 0 aromatic rings. The van der Waals surface area contributed by atoms with Crippen molar-refractivity contribution in [1.29, 1.82) is 0 Å². The lowest BCUT2D eigenvalue weighted by atomic mass is 9.59. The molecular formula is C15H24O5. The summed E-state index contributed by atoms with van der Waals surface area (Å²) >= 11 is 0. The summed E-state index contributed by atoms with van der Waals surface area (Å²) < 4.78 is 17.1. The first kappa shape index (κ1) is 14.3. The molecule has 2 saturated heterocycles. The van der Waals surface area contributed by atoms with Crippen LogP contribution in [0.2, 0.25) is 0 Å². The first-order valence-electron chi connectivity index (χ1n) is 7.61. The monoisotopic (exact) mass is 284 g/mol. The third-order valence-electron chi connectivity index (χ3n) is 5.55. The molecule has 7 atom stereocenters. The van der Waals surface area contributed by atoms with Crippen molar-refractivity contribution in [2.75, 3.05) is 6.61 Å². The summed E-state index contributed by atoms with van der Waals surface area (Å²) in [6.07, 6.45) is 1.41. The minimum atomic E-state index is -0.895. The van der Waals surface area contributed by atoms with Crippen molar-refractivity contribution >= 4 is 5.97 Å². The van der Waals surface area contributed by atoms with Gasteiger partial charge in [-0.3, -0.25) is 4.79 Å². The fraction of sp³-hybridized carbons (Fsp3) is 0.933. The first-order chi connectivity index (χ1) is 9.46. The predicted molar refractivity (Wildman–Crippen MR) is 70.5 cm³/mol. The average molecular weight is 284 g/mol. The third-order valence-corrected chi connectivity index (χ3v) is 5.55. The first-order valence-corrected chi connectivity index (χ1v) is 7.61. The number of esters is 1. The van der Waals surface area contributed by atoms with Gasteiger partial charge in [0.2, 0.25) is 6.29 Å². The van der Waals surface area contributed by atoms with Crippen LogP contribution in [-0.2, 0) is 19.0 Å². The molecule has 7 unspecified atom stereocenters. The maximum absolute atomic E-state index is 11.4. The highest BCUT2D eigenvalue weighted by molar-refractivity contribution is 5.66. The molecule has 0 bridgehead atoms. The van der Waals surface area contributed by atoms with E-state index >= 15 is 0 Å². The molecule has 0 aromatic heterocycles. The minimum absolute atomic E-state index is 0.00471. The Morgan fingerprint density at radius 1 is 1.25 bits per heavy atom. The number of aliphatic hydroxyl groups excluding tert-OH is 1. The van der Waals surface area contributed by atoms with Crippen LogP contribution in [0.25, 0.3) is 0 Å². The van der Waals surface area contributed by atoms with Crippen LogP contribution >= 0.6 is 0 Å². The van der Waals surface area contributed by atoms with Crippen molar-refractivity contribution in [2.45, 2.75) is 58.2 Å². The molecule has 114 valence electrons. The Hall–Kier alpha value is -0.650. The molecule has 5 nitrogen and oxygen atoms in total. The third kappa shape index (κ3) is 1.90. The van der Waals surface area contributed by atoms with E-state index in [9.17, 15) is 9.90 Å². The van der Waals surface area contributed by atoms with Crippen LogP contribution < -0.4 is 0 Å². The van der Waals surface area contributed by atoms with Gasteiger partial charge in [-0.1, -0.05) is 13.8 Å². The second-order valence-electron chi connectivity index (χ2n) is 6.59. The summed E-state index contributed by atoms with van der Waals surface area (Å²) in [6, 6.07) is 0. The van der Waals surface area contributed by atoms with Gasteiger partial charge in [-0.25, -0.2) is 0 Å². The Balaban J connectivity index is 1.99. The molecule has 1 spiro atoms. The zero-order valence-electron chi connectivity index (χ0n) is 12.4. The Morgan fingerprint density at radius 3 is 2.70 bits per heavy atom. The van der Waals surface area contributed by atoms with E-state index < -0.39 is 24.2 Å². The van der Waals surface area contributed by atoms with Gasteiger partial charge >= 0.3 is 5.97 Å². The van der Waals surface area contributed by atoms with Crippen LogP contribution in [0.4, 0.5) is 0 Å². The lowest BCUT2D eigenvalue weighted by Crippen LogP contribution is -2.66. The highest BCUT2D eigenvalue weighted by Crippen LogP contribution is 2.57. The van der Waals surface area contributed by atoms with E-state index in [1.165, 1.54) is 6.92 Å². The second-order valence-corrected chi connectivity index (χ2v) is 6.59. The van der Waals surface area contributed by atoms with Crippen LogP contribution in [0.15, 0.2) is 0 Å². The van der Waals surface area contributed by atoms with Crippen LogP contribution in [-0.4, -0.2) is 35.9 Å². The van der Waals surface area contributed by atoms with Gasteiger partial charge in [0, 0.05) is 25.4 Å². The van der Waals surface area contributed by atoms with Gasteiger partial charge in [0.1, 0.15) is 5.60 Å². The van der Waals surface area contributed by atoms with E-state index in [1.54, 1.807) is 0 Å². The highest BCUT2D eigenvalue weighted by Gasteiger charge is 2.65. The Kier molecular flexibility index (Phi) is 3.55. The van der Waals surface area contributed by atoms with Crippen molar-refractivity contribution in [3.63, 3.8) is 0 Å². The Morgan fingerprint density at radius 2 is 2.00 bits per heavy atom. The maximum atomic E-state index is 11.4. The van der Waals surface area contributed by atoms with E-state index in [1.807, 2.05) is 6.92 Å². The molecule has 1 aliphatic carbocycles. The average Bonchev–Trinajstić information content (AvgIpc) is 2.82. The topological polar surface area (TPSA) is 65.0 Å². The molecule has 0 amide bonds. The van der Waals surface area contributed by atoms with E-state index in [0.717, 1.165) is 19.3 Å². The molecule has 3 aliphatic rings. The van der Waals surface area contributed by atoms with E-state index in [0.29, 0.717) is 18.4 Å². The molecule has 1 N–H and O–H groups in total. The van der Waals surface area contributed by atoms with Crippen molar-refractivity contribution < 1.29 is 24.1 Å². The van der Waals surface area contributed by atoms with Crippen LogP contribution in [0, 0.1) is 23.7 Å². The second kappa shape index (κ2) is 4.97. The van der Waals surface area contributed by atoms with E-state index in [2.05, 4.69) is 6.92 Å². The number of rotatable bonds is 1. The molecule has 2 aliphatic heterocycles. The van der Waals surface area contributed by atoms with Gasteiger partial charge in [-0.2, -0.15) is 0 Å². The molecule has 20 heavy (non-hydrogen) atoms. The number of carbonyl (C=O) groups is 1. The van der Waals surface area contributed by atoms with Crippen molar-refractivity contribution in [1.82, 2.24) is 0 Å². The van der Waals surface area contributed by atoms with Gasteiger partial charge in [0.15, 0.2) is 6.29 Å². The Labute approximate surface area is 119 Å². The number of hydrogen-bond donors (Lipinski definition) is 1. The SMILES string of the molecule is CC(=O)OC1OC(O)C(C)C2CCC(C)C3CCOC132. The van der Waals surface area contributed by atoms with Gasteiger partial charge in [-0.05, 0) is 31.1 Å². The highest BCUT2D eigenvalue weighted by atomic mass is 16.8. The zero-order chi connectivity index (χ0) is 14.5. The summed E-state index contributed by atoms with van der Waals surface area (Å²) in [7, 11) is 0. The zero-order valence-corrected chi connectivity index (χ0v) is 12.4. The van der Waals surface area contributed by atoms with Crippen molar-refractivity contribution in [3.8, 4) is 0 Å². The summed E-state index contributed by atoms with van der Waals surface area (Å²) in [5, 5.41) is 10.1. The quantitative estimate of drug-likeness (QED) is 0.742. The summed E-state index contributed by atoms with van der Waals surface area (Å²) in [4.78, 5) is 11.4. The van der Waals surface area contributed by atoms with Gasteiger partial charge in [-0.15, -0.1) is 0 Å². The smallest absolute Gasteiger partial charge is 0.305 e. The van der Waals surface area contributed by atoms with Gasteiger partial charge in [0.05, 0.1) is 0 Å². The van der Waals surface area contributed by atoms with Crippen LogP contribution in [0.3, 0.4) is 0 Å². The number of hydrogen-bond acceptors (Lipinski definition) is 5. The van der Waals surface area contributed by atoms with Gasteiger partial charge < -0.3 is 19.3 Å².